The number of nitrogens with two attached hydrogens (primary N) is 1. The summed E-state index contributed by atoms with van der Waals surface area (Å²) >= 11 is 0. The highest BCUT2D eigenvalue weighted by Crippen LogP contribution is 2.17. The van der Waals surface area contributed by atoms with Gasteiger partial charge >= 0.3 is 6.03 Å². The van der Waals surface area contributed by atoms with Crippen molar-refractivity contribution >= 4 is 17.6 Å². The van der Waals surface area contributed by atoms with E-state index in [0.29, 0.717) is 11.6 Å². The lowest BCUT2D eigenvalue weighted by atomic mass is 10.0. The quantitative estimate of drug-likeness (QED) is 0.772. The number of hydrogen-bond acceptors (Lipinski definition) is 2. The van der Waals surface area contributed by atoms with Gasteiger partial charge in [0.15, 0.2) is 0 Å². The number of benzene rings is 1. The SMILES string of the molecule is CC(C)c1ccc(NC(=O)C(NC(N)=O)C(C)C)cc1. The van der Waals surface area contributed by atoms with Gasteiger partial charge in [-0.05, 0) is 29.5 Å². The van der Waals surface area contributed by atoms with Gasteiger partial charge in [0.05, 0.1) is 0 Å². The molecule has 4 N–H and O–H groups in total. The number of rotatable bonds is 5. The van der Waals surface area contributed by atoms with Crippen LogP contribution in [0.5, 0.6) is 0 Å². The van der Waals surface area contributed by atoms with Crippen LogP contribution in [0.3, 0.4) is 0 Å². The maximum Gasteiger partial charge on any atom is 0.312 e. The summed E-state index contributed by atoms with van der Waals surface area (Å²) in [6, 6.07) is 6.33. The number of anilines is 1. The third-order valence-corrected chi connectivity index (χ3v) is 3.09. The molecule has 0 spiro atoms. The normalized spacial score (nSPS) is 12.3. The molecule has 0 aliphatic carbocycles. The van der Waals surface area contributed by atoms with Crippen LogP contribution in [0, 0.1) is 5.92 Å². The smallest absolute Gasteiger partial charge is 0.312 e. The number of primary amides is 1. The molecule has 0 fully saturated rings. The van der Waals surface area contributed by atoms with Gasteiger partial charge in [0.1, 0.15) is 6.04 Å². The van der Waals surface area contributed by atoms with Crippen LogP contribution in [0.1, 0.15) is 39.2 Å². The van der Waals surface area contributed by atoms with Crippen molar-refractivity contribution in [3.63, 3.8) is 0 Å². The Morgan fingerprint density at radius 2 is 1.60 bits per heavy atom. The molecule has 1 unspecified atom stereocenters. The van der Waals surface area contributed by atoms with Crippen LogP contribution in [0.4, 0.5) is 10.5 Å². The summed E-state index contributed by atoms with van der Waals surface area (Å²) < 4.78 is 0. The largest absolute Gasteiger partial charge is 0.352 e. The Labute approximate surface area is 119 Å². The first kappa shape index (κ1) is 16.0. The minimum Gasteiger partial charge on any atom is -0.352 e. The summed E-state index contributed by atoms with van der Waals surface area (Å²) in [5.41, 5.74) is 7.00. The first-order valence-corrected chi connectivity index (χ1v) is 6.78. The molecule has 0 heterocycles. The monoisotopic (exact) mass is 277 g/mol. The number of amides is 3. The number of nitrogens with one attached hydrogen (secondary N) is 2. The molecule has 3 amide bonds. The Bertz CT molecular complexity index is 467. The lowest BCUT2D eigenvalue weighted by Crippen LogP contribution is -2.49. The molecule has 1 aromatic rings. The molecule has 1 rings (SSSR count). The molecule has 5 nitrogen and oxygen atoms in total. The molecule has 0 radical (unpaired) electrons. The molecule has 0 aliphatic rings. The Kier molecular flexibility index (Phi) is 5.55. The fourth-order valence-electron chi connectivity index (χ4n) is 1.86. The Morgan fingerprint density at radius 1 is 1.05 bits per heavy atom. The van der Waals surface area contributed by atoms with E-state index in [0.717, 1.165) is 0 Å². The number of carbonyl (C=O) groups excluding carboxylic acids is 2. The van der Waals surface area contributed by atoms with E-state index in [1.54, 1.807) is 0 Å². The number of urea groups is 1. The van der Waals surface area contributed by atoms with Crippen molar-refractivity contribution in [2.45, 2.75) is 39.7 Å². The molecule has 20 heavy (non-hydrogen) atoms. The minimum absolute atomic E-state index is 0.0440. The second kappa shape index (κ2) is 6.93. The van der Waals surface area contributed by atoms with Crippen LogP contribution in [0.2, 0.25) is 0 Å². The van der Waals surface area contributed by atoms with Crippen molar-refractivity contribution in [3.05, 3.63) is 29.8 Å². The van der Waals surface area contributed by atoms with Crippen molar-refractivity contribution in [3.8, 4) is 0 Å². The van der Waals surface area contributed by atoms with E-state index in [4.69, 9.17) is 5.73 Å². The molecule has 1 atom stereocenters. The minimum atomic E-state index is -0.700. The van der Waals surface area contributed by atoms with E-state index >= 15 is 0 Å². The van der Waals surface area contributed by atoms with Gasteiger partial charge in [-0.15, -0.1) is 0 Å². The van der Waals surface area contributed by atoms with Crippen LogP contribution in [0.25, 0.3) is 0 Å². The van der Waals surface area contributed by atoms with Gasteiger partial charge in [0.2, 0.25) is 5.91 Å². The highest BCUT2D eigenvalue weighted by molar-refractivity contribution is 5.97. The van der Waals surface area contributed by atoms with Crippen LogP contribution < -0.4 is 16.4 Å². The zero-order valence-corrected chi connectivity index (χ0v) is 12.4. The lowest BCUT2D eigenvalue weighted by Gasteiger charge is -2.20. The van der Waals surface area contributed by atoms with Crippen molar-refractivity contribution in [1.82, 2.24) is 5.32 Å². The maximum absolute atomic E-state index is 12.1. The summed E-state index contributed by atoms with van der Waals surface area (Å²) in [6.07, 6.45) is 0. The average molecular weight is 277 g/mol. The predicted molar refractivity (Wildman–Crippen MR) is 80.5 cm³/mol. The number of hydrogen-bond donors (Lipinski definition) is 3. The zero-order valence-electron chi connectivity index (χ0n) is 12.4. The number of carbonyl (C=O) groups is 2. The van der Waals surface area contributed by atoms with Gasteiger partial charge in [-0.25, -0.2) is 4.79 Å². The van der Waals surface area contributed by atoms with Gasteiger partial charge in [0, 0.05) is 5.69 Å². The van der Waals surface area contributed by atoms with Gasteiger partial charge in [-0.1, -0.05) is 39.8 Å². The third-order valence-electron chi connectivity index (χ3n) is 3.09. The summed E-state index contributed by atoms with van der Waals surface area (Å²) in [6.45, 7) is 7.92. The van der Waals surface area contributed by atoms with Crippen LogP contribution in [-0.2, 0) is 4.79 Å². The molecular weight excluding hydrogens is 254 g/mol. The van der Waals surface area contributed by atoms with E-state index in [9.17, 15) is 9.59 Å². The van der Waals surface area contributed by atoms with E-state index in [1.807, 2.05) is 38.1 Å². The Balaban J connectivity index is 2.75. The third kappa shape index (κ3) is 4.57. The standard InChI is InChI=1S/C15H23N3O2/c1-9(2)11-5-7-12(8-6-11)17-14(19)13(10(3)4)18-15(16)20/h5-10,13H,1-4H3,(H,17,19)(H3,16,18,20). The van der Waals surface area contributed by atoms with E-state index < -0.39 is 12.1 Å². The lowest BCUT2D eigenvalue weighted by molar-refractivity contribution is -0.118. The molecule has 0 saturated carbocycles. The molecule has 5 heteroatoms. The molecule has 1 aromatic carbocycles. The molecule has 0 aliphatic heterocycles. The Morgan fingerprint density at radius 3 is 2.00 bits per heavy atom. The Hall–Kier alpha value is -2.04. The molecular formula is C15H23N3O2. The fourth-order valence-corrected chi connectivity index (χ4v) is 1.86. The molecule has 110 valence electrons. The summed E-state index contributed by atoms with van der Waals surface area (Å²) in [5.74, 6) is 0.133. The average Bonchev–Trinajstić information content (AvgIpc) is 2.35. The van der Waals surface area contributed by atoms with Crippen LogP contribution >= 0.6 is 0 Å². The van der Waals surface area contributed by atoms with Gasteiger partial charge < -0.3 is 16.4 Å². The van der Waals surface area contributed by atoms with E-state index in [2.05, 4.69) is 24.5 Å². The molecule has 0 bridgehead atoms. The van der Waals surface area contributed by atoms with Gasteiger partial charge in [0.25, 0.3) is 0 Å². The fraction of sp³-hybridized carbons (Fsp3) is 0.467. The maximum atomic E-state index is 12.1. The van der Waals surface area contributed by atoms with Crippen LogP contribution in [0.15, 0.2) is 24.3 Å². The van der Waals surface area contributed by atoms with Crippen LogP contribution in [-0.4, -0.2) is 18.0 Å². The van der Waals surface area contributed by atoms with Crippen molar-refractivity contribution in [2.24, 2.45) is 11.7 Å². The summed E-state index contributed by atoms with van der Waals surface area (Å²) in [4.78, 5) is 23.0. The highest BCUT2D eigenvalue weighted by Gasteiger charge is 2.23. The van der Waals surface area contributed by atoms with Crippen molar-refractivity contribution in [1.29, 1.82) is 0 Å². The first-order chi connectivity index (χ1) is 9.31. The summed E-state index contributed by atoms with van der Waals surface area (Å²) in [5, 5.41) is 5.24. The molecule has 0 saturated heterocycles. The van der Waals surface area contributed by atoms with E-state index in [1.165, 1.54) is 5.56 Å². The highest BCUT2D eigenvalue weighted by atomic mass is 16.2. The molecule has 0 aromatic heterocycles. The second-order valence-corrected chi connectivity index (χ2v) is 5.50. The van der Waals surface area contributed by atoms with E-state index in [-0.39, 0.29) is 11.8 Å². The zero-order chi connectivity index (χ0) is 15.3. The van der Waals surface area contributed by atoms with Crippen molar-refractivity contribution in [2.75, 3.05) is 5.32 Å². The van der Waals surface area contributed by atoms with Gasteiger partial charge in [-0.3, -0.25) is 4.79 Å². The first-order valence-electron chi connectivity index (χ1n) is 6.78. The van der Waals surface area contributed by atoms with Crippen molar-refractivity contribution < 1.29 is 9.59 Å². The summed E-state index contributed by atoms with van der Waals surface area (Å²) in [7, 11) is 0. The predicted octanol–water partition coefficient (Wildman–Crippen LogP) is 2.44. The second-order valence-electron chi connectivity index (χ2n) is 5.50. The van der Waals surface area contributed by atoms with Gasteiger partial charge in [-0.2, -0.15) is 0 Å². The topological polar surface area (TPSA) is 84.2 Å².